The molecule has 1 unspecified atom stereocenters. The first-order valence-corrected chi connectivity index (χ1v) is 6.58. The van der Waals surface area contributed by atoms with Gasteiger partial charge in [0, 0.05) is 30.8 Å². The summed E-state index contributed by atoms with van der Waals surface area (Å²) in [4.78, 5) is 2.35. The number of rotatable bonds is 2. The maximum Gasteiger partial charge on any atom is 0.131 e. The molecule has 1 aromatic carbocycles. The van der Waals surface area contributed by atoms with Gasteiger partial charge in [0.2, 0.25) is 0 Å². The molecule has 3 rings (SSSR count). The molecule has 2 heterocycles. The lowest BCUT2D eigenvalue weighted by atomic mass is 10.0. The van der Waals surface area contributed by atoms with Crippen LogP contribution in [0.5, 0.6) is 5.75 Å². The van der Waals surface area contributed by atoms with Crippen molar-refractivity contribution < 1.29 is 9.50 Å². The Morgan fingerprint density at radius 3 is 2.61 bits per heavy atom. The first-order chi connectivity index (χ1) is 8.65. The number of hydrogen-bond acceptors (Lipinski definition) is 3. The lowest BCUT2D eigenvalue weighted by molar-refractivity contribution is 0.239. The lowest BCUT2D eigenvalue weighted by Gasteiger charge is -2.26. The first kappa shape index (κ1) is 11.9. The normalized spacial score (nSPS) is 29.4. The third-order valence-corrected chi connectivity index (χ3v) is 4.40. The van der Waals surface area contributed by atoms with Crippen LogP contribution < -0.4 is 5.32 Å². The van der Waals surface area contributed by atoms with Crippen molar-refractivity contribution in [3.8, 4) is 5.75 Å². The summed E-state index contributed by atoms with van der Waals surface area (Å²) in [7, 11) is 0. The summed E-state index contributed by atoms with van der Waals surface area (Å²) in [5.74, 6) is 1.11. The summed E-state index contributed by atoms with van der Waals surface area (Å²) >= 11 is 0. The maximum atomic E-state index is 13.8. The van der Waals surface area contributed by atoms with Gasteiger partial charge in [-0.05, 0) is 37.9 Å². The van der Waals surface area contributed by atoms with Crippen molar-refractivity contribution in [1.82, 2.24) is 10.2 Å². The van der Waals surface area contributed by atoms with E-state index in [-0.39, 0.29) is 17.6 Å². The smallest absolute Gasteiger partial charge is 0.131 e. The molecule has 0 amide bonds. The van der Waals surface area contributed by atoms with E-state index in [2.05, 4.69) is 10.2 Å². The van der Waals surface area contributed by atoms with Crippen molar-refractivity contribution in [3.63, 3.8) is 0 Å². The second kappa shape index (κ2) is 4.52. The Labute approximate surface area is 107 Å². The van der Waals surface area contributed by atoms with E-state index in [1.54, 1.807) is 12.1 Å². The zero-order valence-corrected chi connectivity index (χ0v) is 10.6. The Morgan fingerprint density at radius 1 is 1.33 bits per heavy atom. The molecular weight excluding hydrogens is 231 g/mol. The molecule has 2 fully saturated rings. The van der Waals surface area contributed by atoms with E-state index in [1.165, 1.54) is 6.07 Å². The summed E-state index contributed by atoms with van der Waals surface area (Å²) in [6.07, 6.45) is 0. The molecule has 4 heteroatoms. The molecule has 3 nitrogen and oxygen atoms in total. The minimum atomic E-state index is -0.308. The average Bonchev–Trinajstić information content (AvgIpc) is 2.87. The Balaban J connectivity index is 1.76. The predicted octanol–water partition coefficient (Wildman–Crippen LogP) is 1.74. The molecule has 18 heavy (non-hydrogen) atoms. The number of phenols is 1. The number of nitrogens with one attached hydrogen (secondary N) is 1. The third-order valence-electron chi connectivity index (χ3n) is 4.40. The number of likely N-dealkylation sites (tertiary alicyclic amines) is 1. The van der Waals surface area contributed by atoms with Crippen molar-refractivity contribution in [3.05, 3.63) is 29.6 Å². The molecule has 0 bridgehead atoms. The van der Waals surface area contributed by atoms with Crippen LogP contribution in [-0.4, -0.2) is 36.2 Å². The summed E-state index contributed by atoms with van der Waals surface area (Å²) in [6.45, 7) is 6.31. The van der Waals surface area contributed by atoms with E-state index in [9.17, 15) is 9.50 Å². The quantitative estimate of drug-likeness (QED) is 0.839. The van der Waals surface area contributed by atoms with Crippen molar-refractivity contribution in [2.24, 2.45) is 11.8 Å². The number of benzene rings is 1. The van der Waals surface area contributed by atoms with Crippen molar-refractivity contribution >= 4 is 0 Å². The molecule has 2 N–H and O–H groups in total. The summed E-state index contributed by atoms with van der Waals surface area (Å²) in [5.41, 5.74) is 0.681. The van der Waals surface area contributed by atoms with Gasteiger partial charge in [-0.15, -0.1) is 0 Å². The van der Waals surface area contributed by atoms with Crippen molar-refractivity contribution in [1.29, 1.82) is 0 Å². The minimum absolute atomic E-state index is 0.00839. The zero-order valence-electron chi connectivity index (χ0n) is 10.6. The average molecular weight is 250 g/mol. The Bertz CT molecular complexity index is 439. The van der Waals surface area contributed by atoms with Gasteiger partial charge in [-0.2, -0.15) is 0 Å². The van der Waals surface area contributed by atoms with E-state index >= 15 is 0 Å². The molecule has 0 aromatic heterocycles. The van der Waals surface area contributed by atoms with Crippen LogP contribution in [0.2, 0.25) is 0 Å². The maximum absolute atomic E-state index is 13.8. The highest BCUT2D eigenvalue weighted by Crippen LogP contribution is 2.34. The van der Waals surface area contributed by atoms with Gasteiger partial charge in [0.05, 0.1) is 0 Å². The molecule has 1 aromatic rings. The topological polar surface area (TPSA) is 35.5 Å². The van der Waals surface area contributed by atoms with Gasteiger partial charge in [-0.1, -0.05) is 6.07 Å². The molecule has 0 saturated carbocycles. The number of hydrogen-bond donors (Lipinski definition) is 2. The highest BCUT2D eigenvalue weighted by molar-refractivity contribution is 5.29. The molecular formula is C14H19FN2O. The molecule has 0 radical (unpaired) electrons. The van der Waals surface area contributed by atoms with Gasteiger partial charge in [0.1, 0.15) is 11.6 Å². The van der Waals surface area contributed by atoms with Crippen LogP contribution in [-0.2, 0) is 0 Å². The van der Waals surface area contributed by atoms with Crippen LogP contribution in [0.3, 0.4) is 0 Å². The molecule has 2 saturated heterocycles. The summed E-state index contributed by atoms with van der Waals surface area (Å²) in [5, 5.41) is 12.7. The van der Waals surface area contributed by atoms with E-state index in [0.717, 1.165) is 26.2 Å². The van der Waals surface area contributed by atoms with Crippen LogP contribution >= 0.6 is 0 Å². The zero-order chi connectivity index (χ0) is 12.7. The van der Waals surface area contributed by atoms with E-state index in [0.29, 0.717) is 17.4 Å². The van der Waals surface area contributed by atoms with Gasteiger partial charge in [-0.25, -0.2) is 4.39 Å². The molecule has 0 spiro atoms. The largest absolute Gasteiger partial charge is 0.508 e. The summed E-state index contributed by atoms with van der Waals surface area (Å²) in [6, 6.07) is 4.54. The third kappa shape index (κ3) is 1.99. The van der Waals surface area contributed by atoms with Crippen molar-refractivity contribution in [2.45, 2.75) is 13.0 Å². The van der Waals surface area contributed by atoms with E-state index in [4.69, 9.17) is 0 Å². The monoisotopic (exact) mass is 250 g/mol. The van der Waals surface area contributed by atoms with Crippen LogP contribution in [0, 0.1) is 17.7 Å². The van der Waals surface area contributed by atoms with Gasteiger partial charge in [-0.3, -0.25) is 4.90 Å². The second-order valence-electron chi connectivity index (χ2n) is 5.51. The molecule has 3 atom stereocenters. The highest BCUT2D eigenvalue weighted by Gasteiger charge is 2.38. The molecule has 2 aliphatic heterocycles. The number of fused-ring (bicyclic) bond motifs is 1. The fourth-order valence-electron chi connectivity index (χ4n) is 3.26. The van der Waals surface area contributed by atoms with Crippen LogP contribution in [0.1, 0.15) is 18.5 Å². The fourth-order valence-corrected chi connectivity index (χ4v) is 3.26. The van der Waals surface area contributed by atoms with E-state index in [1.807, 2.05) is 6.92 Å². The van der Waals surface area contributed by atoms with Gasteiger partial charge in [0.25, 0.3) is 0 Å². The van der Waals surface area contributed by atoms with Crippen LogP contribution in [0.25, 0.3) is 0 Å². The van der Waals surface area contributed by atoms with Gasteiger partial charge in [0.15, 0.2) is 0 Å². The Kier molecular flexibility index (Phi) is 2.99. The van der Waals surface area contributed by atoms with Gasteiger partial charge >= 0.3 is 0 Å². The molecule has 0 aliphatic carbocycles. The number of phenolic OH excluding ortho intramolecular Hbond substituents is 1. The van der Waals surface area contributed by atoms with E-state index < -0.39 is 0 Å². The highest BCUT2D eigenvalue weighted by atomic mass is 19.1. The number of nitrogens with zero attached hydrogens (tertiary/aromatic N) is 1. The Morgan fingerprint density at radius 2 is 2.00 bits per heavy atom. The molecule has 2 aliphatic rings. The first-order valence-electron chi connectivity index (χ1n) is 6.58. The number of halogens is 1. The van der Waals surface area contributed by atoms with Crippen molar-refractivity contribution in [2.75, 3.05) is 26.2 Å². The Hall–Kier alpha value is -1.13. The standard InChI is InChI=1S/C14H19FN2O/c1-9(13-3-2-12(18)4-14(13)15)17-7-10-5-16-6-11(10)8-17/h2-4,9-11,16,18H,5-8H2,1H3/t9?,10-,11+. The predicted molar refractivity (Wildman–Crippen MR) is 67.9 cm³/mol. The molecule has 98 valence electrons. The van der Waals surface area contributed by atoms with Gasteiger partial charge < -0.3 is 10.4 Å². The lowest BCUT2D eigenvalue weighted by Crippen LogP contribution is -2.29. The fraction of sp³-hybridized carbons (Fsp3) is 0.571. The van der Waals surface area contributed by atoms with Crippen LogP contribution in [0.15, 0.2) is 18.2 Å². The minimum Gasteiger partial charge on any atom is -0.508 e. The SMILES string of the molecule is CC(c1ccc(O)cc1F)N1C[C@H]2CNC[C@H]2C1. The van der Waals surface area contributed by atoms with Crippen LogP contribution in [0.4, 0.5) is 4.39 Å². The number of aromatic hydroxyl groups is 1. The summed E-state index contributed by atoms with van der Waals surface area (Å²) < 4.78 is 13.8. The second-order valence-corrected chi connectivity index (χ2v) is 5.51.